The molecule has 1 atom stereocenters. The van der Waals surface area contributed by atoms with Crippen LogP contribution in [0.5, 0.6) is 0 Å². The van der Waals surface area contributed by atoms with Gasteiger partial charge in [-0.2, -0.15) is 0 Å². The van der Waals surface area contributed by atoms with Crippen molar-refractivity contribution in [3.05, 3.63) is 76.6 Å². The average Bonchev–Trinajstić information content (AvgIpc) is 3.01. The number of pyridine rings is 1. The van der Waals surface area contributed by atoms with Crippen LogP contribution in [0.4, 0.5) is 0 Å². The predicted octanol–water partition coefficient (Wildman–Crippen LogP) is 3.95. The van der Waals surface area contributed by atoms with Crippen LogP contribution in [0.15, 0.2) is 48.7 Å². The molecule has 0 saturated heterocycles. The van der Waals surface area contributed by atoms with Crippen LogP contribution in [0.1, 0.15) is 23.2 Å². The molecule has 2 aromatic heterocycles. The zero-order valence-electron chi connectivity index (χ0n) is 14.2. The van der Waals surface area contributed by atoms with E-state index in [0.717, 1.165) is 30.3 Å². The van der Waals surface area contributed by atoms with E-state index in [1.165, 1.54) is 11.3 Å². The zero-order valence-corrected chi connectivity index (χ0v) is 15.0. The molecule has 1 amide bonds. The van der Waals surface area contributed by atoms with Gasteiger partial charge in [-0.15, -0.1) is 0 Å². The molecule has 1 aliphatic carbocycles. The molecule has 0 N–H and O–H groups in total. The Kier molecular flexibility index (Phi) is 4.26. The first-order chi connectivity index (χ1) is 12.1. The summed E-state index contributed by atoms with van der Waals surface area (Å²) in [6, 6.07) is 17.4. The Balaban J connectivity index is 1.50. The summed E-state index contributed by atoms with van der Waals surface area (Å²) in [6.07, 6.45) is 5.34. The maximum atomic E-state index is 12.7. The van der Waals surface area contributed by atoms with E-state index in [9.17, 15) is 4.79 Å². The Morgan fingerprint density at radius 3 is 2.88 bits per heavy atom. The molecule has 0 unspecified atom stereocenters. The predicted molar refractivity (Wildman–Crippen MR) is 100.0 cm³/mol. The number of benzene rings is 1. The second-order valence-corrected chi connectivity index (χ2v) is 7.15. The number of rotatable bonds is 3. The van der Waals surface area contributed by atoms with E-state index < -0.39 is 0 Å². The molecule has 2 heterocycles. The van der Waals surface area contributed by atoms with Gasteiger partial charge in [-0.05, 0) is 48.2 Å². The summed E-state index contributed by atoms with van der Waals surface area (Å²) < 4.78 is 2.21. The Morgan fingerprint density at radius 2 is 2.08 bits per heavy atom. The van der Waals surface area contributed by atoms with E-state index in [0.29, 0.717) is 11.4 Å². The maximum absolute atomic E-state index is 12.7. The summed E-state index contributed by atoms with van der Waals surface area (Å²) in [6.45, 7) is 0. The molecule has 4 rings (SSSR count). The highest BCUT2D eigenvalue weighted by molar-refractivity contribution is 6.30. The molecule has 0 aliphatic heterocycles. The van der Waals surface area contributed by atoms with Crippen LogP contribution in [0.3, 0.4) is 0 Å². The molecule has 0 bridgehead atoms. The van der Waals surface area contributed by atoms with E-state index in [2.05, 4.69) is 22.7 Å². The fourth-order valence-electron chi connectivity index (χ4n) is 3.65. The summed E-state index contributed by atoms with van der Waals surface area (Å²) in [4.78, 5) is 14.6. The molecule has 0 saturated carbocycles. The Bertz CT molecular complexity index is 913. The minimum atomic E-state index is 0.153. The third-order valence-corrected chi connectivity index (χ3v) is 5.40. The number of nitrogens with zero attached hydrogens (tertiary/aromatic N) is 2. The number of likely N-dealkylation sites (N-methyl/N-ethyl adjacent to an activating group) is 1. The van der Waals surface area contributed by atoms with Crippen molar-refractivity contribution in [1.29, 1.82) is 0 Å². The smallest absolute Gasteiger partial charge is 0.226 e. The first-order valence-electron chi connectivity index (χ1n) is 8.62. The van der Waals surface area contributed by atoms with Crippen molar-refractivity contribution in [1.82, 2.24) is 9.30 Å². The van der Waals surface area contributed by atoms with Crippen LogP contribution in [0, 0.1) is 6.07 Å². The molecule has 127 valence electrons. The third-order valence-electron chi connectivity index (χ3n) is 5.14. The van der Waals surface area contributed by atoms with E-state index in [4.69, 9.17) is 11.6 Å². The third kappa shape index (κ3) is 3.16. The van der Waals surface area contributed by atoms with Gasteiger partial charge in [-0.25, -0.2) is 0 Å². The van der Waals surface area contributed by atoms with Gasteiger partial charge in [0.15, 0.2) is 0 Å². The lowest BCUT2D eigenvalue weighted by atomic mass is 9.92. The Labute approximate surface area is 152 Å². The normalized spacial score (nSPS) is 16.6. The van der Waals surface area contributed by atoms with Gasteiger partial charge in [0.25, 0.3) is 0 Å². The number of halogens is 1. The second-order valence-electron chi connectivity index (χ2n) is 6.71. The minimum Gasteiger partial charge on any atom is -0.342 e. The average molecular weight is 352 g/mol. The SMILES string of the molecule is CN(C(=O)Cc1ccc(Cl)cc1)[C@@H]1CCc2[c]c3ccccn3c2C1. The van der Waals surface area contributed by atoms with Crippen molar-refractivity contribution in [3.63, 3.8) is 0 Å². The fraction of sp³-hybridized carbons (Fsp3) is 0.286. The largest absolute Gasteiger partial charge is 0.342 e. The summed E-state index contributed by atoms with van der Waals surface area (Å²) in [5, 5.41) is 0.695. The maximum Gasteiger partial charge on any atom is 0.226 e. The van der Waals surface area contributed by atoms with Crippen molar-refractivity contribution in [2.75, 3.05) is 7.05 Å². The molecule has 25 heavy (non-hydrogen) atoms. The van der Waals surface area contributed by atoms with Crippen molar-refractivity contribution < 1.29 is 4.79 Å². The summed E-state index contributed by atoms with van der Waals surface area (Å²) in [7, 11) is 1.92. The molecular weight excluding hydrogens is 332 g/mol. The lowest BCUT2D eigenvalue weighted by molar-refractivity contribution is -0.131. The molecule has 3 aromatic rings. The van der Waals surface area contributed by atoms with Crippen LogP contribution in [-0.2, 0) is 24.1 Å². The van der Waals surface area contributed by atoms with E-state index in [1.807, 2.05) is 48.3 Å². The number of carbonyl (C=O) groups excluding carboxylic acids is 1. The van der Waals surface area contributed by atoms with Crippen LogP contribution in [0.2, 0.25) is 5.02 Å². The molecule has 4 heteroatoms. The van der Waals surface area contributed by atoms with Gasteiger partial charge in [0.1, 0.15) is 0 Å². The highest BCUT2D eigenvalue weighted by Gasteiger charge is 2.27. The van der Waals surface area contributed by atoms with Crippen molar-refractivity contribution in [2.24, 2.45) is 0 Å². The van der Waals surface area contributed by atoms with Crippen molar-refractivity contribution in [2.45, 2.75) is 31.7 Å². The van der Waals surface area contributed by atoms with E-state index >= 15 is 0 Å². The van der Waals surface area contributed by atoms with E-state index in [-0.39, 0.29) is 11.9 Å². The first kappa shape index (κ1) is 16.2. The van der Waals surface area contributed by atoms with Gasteiger partial charge in [0, 0.05) is 42.5 Å². The van der Waals surface area contributed by atoms with Crippen LogP contribution in [-0.4, -0.2) is 28.3 Å². The molecule has 0 spiro atoms. The highest BCUT2D eigenvalue weighted by Crippen LogP contribution is 2.27. The van der Waals surface area contributed by atoms with Gasteiger partial charge in [-0.3, -0.25) is 4.79 Å². The molecule has 0 fully saturated rings. The molecule has 3 nitrogen and oxygen atoms in total. The van der Waals surface area contributed by atoms with Crippen molar-refractivity contribution in [3.8, 4) is 0 Å². The molecule has 1 radical (unpaired) electrons. The zero-order chi connectivity index (χ0) is 17.4. The lowest BCUT2D eigenvalue weighted by Gasteiger charge is -2.31. The molecule has 1 aromatic carbocycles. The fourth-order valence-corrected chi connectivity index (χ4v) is 3.78. The lowest BCUT2D eigenvalue weighted by Crippen LogP contribution is -2.41. The number of aromatic nitrogens is 1. The summed E-state index contributed by atoms with van der Waals surface area (Å²) in [5.74, 6) is 0.153. The number of hydrogen-bond donors (Lipinski definition) is 0. The number of hydrogen-bond acceptors (Lipinski definition) is 1. The number of fused-ring (bicyclic) bond motifs is 3. The summed E-state index contributed by atoms with van der Waals surface area (Å²) >= 11 is 5.92. The monoisotopic (exact) mass is 351 g/mol. The quantitative estimate of drug-likeness (QED) is 0.701. The molecule has 1 aliphatic rings. The van der Waals surface area contributed by atoms with E-state index in [1.54, 1.807) is 0 Å². The number of amides is 1. The van der Waals surface area contributed by atoms with Crippen LogP contribution < -0.4 is 0 Å². The van der Waals surface area contributed by atoms with Crippen molar-refractivity contribution >= 4 is 23.0 Å². The first-order valence-corrected chi connectivity index (χ1v) is 9.00. The summed E-state index contributed by atoms with van der Waals surface area (Å²) in [5.41, 5.74) is 4.70. The molecular formula is C21H20ClN2O. The Morgan fingerprint density at radius 1 is 1.28 bits per heavy atom. The van der Waals surface area contributed by atoms with Gasteiger partial charge >= 0.3 is 0 Å². The standard InChI is InChI=1S/C21H20ClN2O/c1-23(21(25)12-15-5-8-17(22)9-6-15)18-10-7-16-13-19-4-2-3-11-24(19)20(16)14-18/h2-6,8-9,11,18H,7,10,12,14H2,1H3/t18-/m1/s1. The van der Waals surface area contributed by atoms with Gasteiger partial charge in [0.2, 0.25) is 5.91 Å². The number of aryl methyl sites for hydroxylation is 1. The van der Waals surface area contributed by atoms with Gasteiger partial charge < -0.3 is 9.30 Å². The minimum absolute atomic E-state index is 0.153. The number of carbonyl (C=O) groups is 1. The van der Waals surface area contributed by atoms with Crippen LogP contribution >= 0.6 is 11.6 Å². The topological polar surface area (TPSA) is 24.7 Å². The van der Waals surface area contributed by atoms with Crippen LogP contribution in [0.25, 0.3) is 5.52 Å². The van der Waals surface area contributed by atoms with Gasteiger partial charge in [-0.1, -0.05) is 29.8 Å². The van der Waals surface area contributed by atoms with Gasteiger partial charge in [0.05, 0.1) is 11.9 Å². The second kappa shape index (κ2) is 6.57. The highest BCUT2D eigenvalue weighted by atomic mass is 35.5. The Hall–Kier alpha value is -2.26.